The van der Waals surface area contributed by atoms with Crippen LogP contribution in [0.4, 0.5) is 0 Å². The number of esters is 5. The third-order valence-corrected chi connectivity index (χ3v) is 16.6. The highest BCUT2D eigenvalue weighted by Crippen LogP contribution is 2.40. The minimum atomic E-state index is -2.15. The first-order valence-corrected chi connectivity index (χ1v) is 33.0. The maximum absolute atomic E-state index is 14.8. The molecule has 0 unspecified atom stereocenters. The van der Waals surface area contributed by atoms with Gasteiger partial charge in [0, 0.05) is 27.7 Å². The van der Waals surface area contributed by atoms with Crippen molar-refractivity contribution in [1.82, 2.24) is 0 Å². The minimum Gasteiger partial charge on any atom is -0.463 e. The first-order chi connectivity index (χ1) is 48.6. The van der Waals surface area contributed by atoms with Crippen LogP contribution in [0.2, 0.25) is 0 Å². The molecule has 2 N–H and O–H groups in total. The molecule has 23 heteroatoms. The van der Waals surface area contributed by atoms with E-state index in [1.54, 1.807) is 18.2 Å². The van der Waals surface area contributed by atoms with Gasteiger partial charge in [0.2, 0.25) is 0 Å². The molecule has 7 aromatic rings. The molecule has 3 fully saturated rings. The maximum atomic E-state index is 14.8. The number of benzene rings is 7. The molecule has 17 atom stereocenters. The molecule has 0 amide bonds. The van der Waals surface area contributed by atoms with Crippen LogP contribution in [0.15, 0.2) is 212 Å². The van der Waals surface area contributed by atoms with Crippen molar-refractivity contribution in [2.24, 2.45) is 0 Å². The van der Waals surface area contributed by atoms with Crippen LogP contribution in [-0.4, -0.2) is 164 Å². The molecule has 530 valence electrons. The number of carbonyl (C=O) groups excluding carboxylic acids is 5. The number of aliphatic hydroxyl groups is 2. The number of hydrogen-bond acceptors (Lipinski definition) is 23. The Balaban J connectivity index is 1.15. The fourth-order valence-electron chi connectivity index (χ4n) is 11.9. The van der Waals surface area contributed by atoms with Gasteiger partial charge in [-0.15, -0.1) is 0 Å². The molecule has 23 nitrogen and oxygen atoms in total. The van der Waals surface area contributed by atoms with Gasteiger partial charge < -0.3 is 86.0 Å². The molecule has 100 heavy (non-hydrogen) atoms. The summed E-state index contributed by atoms with van der Waals surface area (Å²) in [5, 5.41) is 26.4. The van der Waals surface area contributed by atoms with Crippen molar-refractivity contribution in [1.29, 1.82) is 0 Å². The van der Waals surface area contributed by atoms with Crippen LogP contribution in [0.5, 0.6) is 0 Å². The number of hydrogen-bond donors (Lipinski definition) is 2. The second-order valence-corrected chi connectivity index (χ2v) is 24.1. The Kier molecular flexibility index (Phi) is 27.9. The van der Waals surface area contributed by atoms with E-state index in [2.05, 4.69) is 0 Å². The van der Waals surface area contributed by atoms with E-state index in [0.29, 0.717) is 11.1 Å². The quantitative estimate of drug-likeness (QED) is 0.0288. The number of ether oxygens (including phenoxy) is 16. The largest absolute Gasteiger partial charge is 0.463 e. The molecule has 0 spiro atoms. The molecule has 7 aromatic carbocycles. The molecule has 0 bridgehead atoms. The van der Waals surface area contributed by atoms with Crippen molar-refractivity contribution in [2.75, 3.05) is 19.8 Å². The summed E-state index contributed by atoms with van der Waals surface area (Å²) in [6, 6.07) is 63.6. The van der Waals surface area contributed by atoms with E-state index >= 15 is 0 Å². The number of aliphatic hydroxyl groups excluding tert-OH is 2. The lowest BCUT2D eigenvalue weighted by molar-refractivity contribution is -0.394. The van der Waals surface area contributed by atoms with E-state index in [0.717, 1.165) is 49.9 Å². The lowest BCUT2D eigenvalue weighted by Gasteiger charge is -2.51. The molecule has 0 aromatic heterocycles. The molecule has 0 aliphatic carbocycles. The molecule has 0 saturated carbocycles. The summed E-state index contributed by atoms with van der Waals surface area (Å²) in [7, 11) is 0. The van der Waals surface area contributed by atoms with Gasteiger partial charge in [0.25, 0.3) is 0 Å². The van der Waals surface area contributed by atoms with Crippen LogP contribution in [0.1, 0.15) is 71.4 Å². The predicted octanol–water partition coefficient (Wildman–Crippen LogP) is 8.64. The molecule has 3 heterocycles. The second kappa shape index (κ2) is 37.7. The van der Waals surface area contributed by atoms with Gasteiger partial charge in [0.1, 0.15) is 67.6 Å². The zero-order chi connectivity index (χ0) is 70.2. The summed E-state index contributed by atoms with van der Waals surface area (Å²) in [6.45, 7) is 3.13. The van der Waals surface area contributed by atoms with Crippen molar-refractivity contribution in [2.45, 2.75) is 172 Å². The topological polar surface area (TPSA) is 273 Å². The van der Waals surface area contributed by atoms with Crippen molar-refractivity contribution >= 4 is 29.8 Å². The third-order valence-electron chi connectivity index (χ3n) is 16.6. The highest BCUT2D eigenvalue weighted by molar-refractivity contribution is 5.89. The van der Waals surface area contributed by atoms with Crippen molar-refractivity contribution in [3.8, 4) is 0 Å². The summed E-state index contributed by atoms with van der Waals surface area (Å²) in [6.07, 6.45) is -28.5. The second-order valence-electron chi connectivity index (χ2n) is 24.1. The Morgan fingerprint density at radius 3 is 1.20 bits per heavy atom. The van der Waals surface area contributed by atoms with Gasteiger partial charge in [-0.2, -0.15) is 0 Å². The first kappa shape index (κ1) is 74.1. The molecule has 0 radical (unpaired) electrons. The molecule has 3 aliphatic heterocycles. The third kappa shape index (κ3) is 21.5. The first-order valence-electron chi connectivity index (χ1n) is 33.0. The normalized spacial score (nSPS) is 25.7. The van der Waals surface area contributed by atoms with Crippen molar-refractivity contribution in [3.63, 3.8) is 0 Å². The molecule has 3 aliphatic rings. The fourth-order valence-corrected chi connectivity index (χ4v) is 11.9. The van der Waals surface area contributed by atoms with E-state index in [9.17, 15) is 34.2 Å². The minimum absolute atomic E-state index is 0.0228. The van der Waals surface area contributed by atoms with Gasteiger partial charge in [0.05, 0.1) is 58.4 Å². The lowest BCUT2D eigenvalue weighted by atomic mass is 9.92. The number of carbonyl (C=O) groups is 5. The van der Waals surface area contributed by atoms with Crippen LogP contribution in [0.3, 0.4) is 0 Å². The zero-order valence-corrected chi connectivity index (χ0v) is 55.9. The summed E-state index contributed by atoms with van der Waals surface area (Å²) in [5.74, 6) is -4.54. The highest BCUT2D eigenvalue weighted by atomic mass is 16.8. The van der Waals surface area contributed by atoms with Gasteiger partial charge in [-0.25, -0.2) is 4.79 Å². The lowest BCUT2D eigenvalue weighted by Crippen LogP contribution is -2.70. The average molecular weight is 1380 g/mol. The zero-order valence-electron chi connectivity index (χ0n) is 55.9. The summed E-state index contributed by atoms with van der Waals surface area (Å²) in [5.41, 5.74) is 4.57. The predicted molar refractivity (Wildman–Crippen MR) is 355 cm³/mol. The van der Waals surface area contributed by atoms with Gasteiger partial charge in [0.15, 0.2) is 43.3 Å². The Bertz CT molecular complexity index is 3600. The fraction of sp³-hybridized carbons (Fsp3) is 0.390. The Hall–Kier alpha value is -8.63. The van der Waals surface area contributed by atoms with Crippen molar-refractivity contribution in [3.05, 3.63) is 251 Å². The van der Waals surface area contributed by atoms with Crippen molar-refractivity contribution < 1.29 is 110 Å². The Labute approximate surface area is 580 Å². The number of rotatable bonds is 33. The van der Waals surface area contributed by atoms with Crippen LogP contribution in [0, 0.1) is 0 Å². The molecular weight excluding hydrogens is 1290 g/mol. The van der Waals surface area contributed by atoms with Gasteiger partial charge in [-0.1, -0.05) is 200 Å². The van der Waals surface area contributed by atoms with E-state index in [1.807, 2.05) is 182 Å². The van der Waals surface area contributed by atoms with Gasteiger partial charge in [-0.3, -0.25) is 19.2 Å². The van der Waals surface area contributed by atoms with Crippen LogP contribution in [-0.2, 0) is 135 Å². The standard InChI is InChI=1S/C77H84O23/c1-49(78)87-48-62-66(92-50(2)79)70(93-51(3)80)73(94-52(4)81)77(95-62)99-69-65(61(89-43-56-32-18-8-19-33-56)47-86-41-54-28-14-6-15-29-54)96-75(84)72(97-74(83)59-38-24-11-25-39-59)71(69)100-76-68(91-45-58-36-22-10-23-37-58)63(82)67(90-44-57-34-20-9-21-35-57)64(98-76)60(88-42-55-30-16-7-17-31-55)46-85-40-53-26-12-5-13-27-53/h5-39,60-73,75-77,82,84H,40-48H2,1-4H3/t60-,61-,62+,63-,64+,65+,66+,67-,68-,69+,70-,71-,72-,73+,75-,76+,77-/m0/s1. The van der Waals surface area contributed by atoms with E-state index in [-0.39, 0.29) is 58.4 Å². The molecule has 10 rings (SSSR count). The Morgan fingerprint density at radius 1 is 0.370 bits per heavy atom. The average Bonchev–Trinajstić information content (AvgIpc) is 0.757. The summed E-state index contributed by atoms with van der Waals surface area (Å²) < 4.78 is 105. The SMILES string of the molecule is CC(=O)OC[C@H]1O[C@@H](O[C@H]2[C@H](O[C@H]3O[C@H]([C@H](COCc4ccccc4)OCc4ccccc4)[C@@H](OCc4ccccc4)[C@H](O)[C@@H]3OCc3ccccc3)[C@H](OC(=O)c3ccccc3)[C@@H](O)O[C@@H]2[C@H](COCc2ccccc2)OCc2ccccc2)[C@H](OC(C)=O)[C@@H](OC(C)=O)[C@@H]1OC(C)=O. The summed E-state index contributed by atoms with van der Waals surface area (Å²) in [4.78, 5) is 67.3. The van der Waals surface area contributed by atoms with E-state index in [1.165, 1.54) is 12.1 Å². The smallest absolute Gasteiger partial charge is 0.338 e. The van der Waals surface area contributed by atoms with Gasteiger partial charge in [-0.05, 0) is 45.5 Å². The van der Waals surface area contributed by atoms with E-state index < -0.39 is 141 Å². The monoisotopic (exact) mass is 1380 g/mol. The van der Waals surface area contributed by atoms with Crippen LogP contribution >= 0.6 is 0 Å². The van der Waals surface area contributed by atoms with Gasteiger partial charge >= 0.3 is 29.8 Å². The Morgan fingerprint density at radius 2 is 0.750 bits per heavy atom. The summed E-state index contributed by atoms with van der Waals surface area (Å²) >= 11 is 0. The van der Waals surface area contributed by atoms with E-state index in [4.69, 9.17) is 75.8 Å². The molecule has 3 saturated heterocycles. The highest BCUT2D eigenvalue weighted by Gasteiger charge is 2.60. The van der Waals surface area contributed by atoms with Crippen LogP contribution in [0.25, 0.3) is 0 Å². The molecular formula is C77H84O23. The maximum Gasteiger partial charge on any atom is 0.338 e. The van der Waals surface area contributed by atoms with Crippen LogP contribution < -0.4 is 0 Å².